The van der Waals surface area contributed by atoms with E-state index in [9.17, 15) is 9.59 Å². The Balaban J connectivity index is 1.91. The van der Waals surface area contributed by atoms with E-state index in [2.05, 4.69) is 27.6 Å². The molecule has 1 aliphatic rings. The molecule has 94 valence electrons. The van der Waals surface area contributed by atoms with Crippen molar-refractivity contribution in [1.29, 1.82) is 0 Å². The first kappa shape index (κ1) is 11.3. The van der Waals surface area contributed by atoms with Crippen molar-refractivity contribution in [3.8, 4) is 11.8 Å². The number of urea groups is 1. The Morgan fingerprint density at radius 2 is 2.21 bits per heavy atom. The van der Waals surface area contributed by atoms with Crippen molar-refractivity contribution in [2.24, 2.45) is 7.05 Å². The molecule has 1 aromatic heterocycles. The lowest BCUT2D eigenvalue weighted by Gasteiger charge is -1.97. The number of imide groups is 1. The van der Waals surface area contributed by atoms with Gasteiger partial charge in [0.25, 0.3) is 5.91 Å². The maximum Gasteiger partial charge on any atom is 0.322 e. The number of benzene rings is 1. The van der Waals surface area contributed by atoms with E-state index in [1.807, 2.05) is 25.2 Å². The minimum Gasteiger partial charge on any atom is -0.316 e. The quantitative estimate of drug-likeness (QED) is 0.518. The molecule has 1 unspecified atom stereocenters. The smallest absolute Gasteiger partial charge is 0.316 e. The Kier molecular flexibility index (Phi) is 2.46. The number of nitrogens with one attached hydrogen (secondary N) is 2. The van der Waals surface area contributed by atoms with Crippen LogP contribution in [0.3, 0.4) is 0 Å². The van der Waals surface area contributed by atoms with Crippen LogP contribution in [0.2, 0.25) is 0 Å². The SMILES string of the molecule is Cn1ncc2ccc(C#CC3NC(=O)NC3=O)cc21. The zero-order valence-corrected chi connectivity index (χ0v) is 10.1. The van der Waals surface area contributed by atoms with Gasteiger partial charge >= 0.3 is 6.03 Å². The minimum atomic E-state index is -0.783. The number of amides is 3. The number of aromatic nitrogens is 2. The standard InChI is InChI=1S/C13H10N4O2/c1-17-11-6-8(2-4-9(11)7-14-17)3-5-10-12(18)16-13(19)15-10/h2,4,6-7,10H,1H3,(H2,15,16,18,19). The molecule has 3 amide bonds. The normalized spacial score (nSPS) is 17.8. The van der Waals surface area contributed by atoms with Crippen LogP contribution < -0.4 is 10.6 Å². The first-order valence-corrected chi connectivity index (χ1v) is 5.68. The van der Waals surface area contributed by atoms with Gasteiger partial charge in [-0.25, -0.2) is 4.79 Å². The van der Waals surface area contributed by atoms with E-state index >= 15 is 0 Å². The van der Waals surface area contributed by atoms with E-state index in [4.69, 9.17) is 0 Å². The molecule has 2 N–H and O–H groups in total. The van der Waals surface area contributed by atoms with Crippen LogP contribution in [0.5, 0.6) is 0 Å². The van der Waals surface area contributed by atoms with E-state index in [1.165, 1.54) is 0 Å². The van der Waals surface area contributed by atoms with Gasteiger partial charge in [0.15, 0.2) is 6.04 Å². The maximum atomic E-state index is 11.3. The number of carbonyl (C=O) groups excluding carboxylic acids is 2. The number of rotatable bonds is 0. The van der Waals surface area contributed by atoms with Crippen LogP contribution in [0.25, 0.3) is 10.9 Å². The fourth-order valence-corrected chi connectivity index (χ4v) is 1.90. The van der Waals surface area contributed by atoms with Gasteiger partial charge in [-0.1, -0.05) is 11.8 Å². The summed E-state index contributed by atoms with van der Waals surface area (Å²) in [4.78, 5) is 22.3. The fourth-order valence-electron chi connectivity index (χ4n) is 1.90. The molecule has 2 heterocycles. The van der Waals surface area contributed by atoms with Crippen LogP contribution in [0, 0.1) is 11.8 Å². The third-order valence-corrected chi connectivity index (χ3v) is 2.88. The molecule has 0 bridgehead atoms. The molecule has 1 aliphatic heterocycles. The predicted molar refractivity (Wildman–Crippen MR) is 68.1 cm³/mol. The lowest BCUT2D eigenvalue weighted by Crippen LogP contribution is -2.26. The zero-order valence-electron chi connectivity index (χ0n) is 10.1. The average molecular weight is 254 g/mol. The molecular formula is C13H10N4O2. The summed E-state index contributed by atoms with van der Waals surface area (Å²) in [5.74, 6) is 5.19. The van der Waals surface area contributed by atoms with Crippen LogP contribution in [0.4, 0.5) is 4.79 Å². The second-order valence-electron chi connectivity index (χ2n) is 4.21. The average Bonchev–Trinajstić information content (AvgIpc) is 2.90. The van der Waals surface area contributed by atoms with Gasteiger partial charge in [0, 0.05) is 18.0 Å². The van der Waals surface area contributed by atoms with E-state index < -0.39 is 18.0 Å². The van der Waals surface area contributed by atoms with Gasteiger partial charge in [0.1, 0.15) is 0 Å². The lowest BCUT2D eigenvalue weighted by atomic mass is 10.1. The molecular weight excluding hydrogens is 244 g/mol. The van der Waals surface area contributed by atoms with E-state index in [-0.39, 0.29) is 0 Å². The Morgan fingerprint density at radius 3 is 2.95 bits per heavy atom. The highest BCUT2D eigenvalue weighted by atomic mass is 16.2. The van der Waals surface area contributed by atoms with Gasteiger partial charge in [0.2, 0.25) is 0 Å². The summed E-state index contributed by atoms with van der Waals surface area (Å²) in [6, 6.07) is 4.37. The summed E-state index contributed by atoms with van der Waals surface area (Å²) in [5.41, 5.74) is 1.73. The van der Waals surface area contributed by atoms with E-state index in [0.717, 1.165) is 16.5 Å². The van der Waals surface area contributed by atoms with Gasteiger partial charge in [0.05, 0.1) is 11.7 Å². The molecule has 2 aromatic rings. The van der Waals surface area contributed by atoms with Crippen molar-refractivity contribution >= 4 is 22.8 Å². The summed E-state index contributed by atoms with van der Waals surface area (Å²) in [7, 11) is 1.85. The summed E-state index contributed by atoms with van der Waals surface area (Å²) < 4.78 is 1.75. The Hall–Kier alpha value is -2.81. The van der Waals surface area contributed by atoms with E-state index in [0.29, 0.717) is 0 Å². The Bertz CT molecular complexity index is 751. The molecule has 0 saturated carbocycles. The van der Waals surface area contributed by atoms with E-state index in [1.54, 1.807) is 10.9 Å². The second kappa shape index (κ2) is 4.14. The number of fused-ring (bicyclic) bond motifs is 1. The molecule has 1 fully saturated rings. The van der Waals surface area contributed by atoms with Crippen LogP contribution in [-0.2, 0) is 11.8 Å². The maximum absolute atomic E-state index is 11.3. The first-order valence-electron chi connectivity index (χ1n) is 5.68. The Labute approximate surface area is 108 Å². The van der Waals surface area contributed by atoms with Gasteiger partial charge in [-0.15, -0.1) is 0 Å². The summed E-state index contributed by atoms with van der Waals surface area (Å²) in [6.45, 7) is 0. The lowest BCUT2D eigenvalue weighted by molar-refractivity contribution is -0.119. The molecule has 3 rings (SSSR count). The van der Waals surface area contributed by atoms with Crippen LogP contribution in [-0.4, -0.2) is 27.8 Å². The third kappa shape index (κ3) is 2.02. The molecule has 0 aliphatic carbocycles. The summed E-state index contributed by atoms with van der Waals surface area (Å²) in [6.07, 6.45) is 1.77. The van der Waals surface area contributed by atoms with Crippen molar-refractivity contribution in [2.75, 3.05) is 0 Å². The molecule has 0 radical (unpaired) electrons. The fraction of sp³-hybridized carbons (Fsp3) is 0.154. The first-order chi connectivity index (χ1) is 9.13. The highest BCUT2D eigenvalue weighted by Gasteiger charge is 2.27. The summed E-state index contributed by atoms with van der Waals surface area (Å²) in [5, 5.41) is 9.73. The van der Waals surface area contributed by atoms with Crippen molar-refractivity contribution in [3.05, 3.63) is 30.0 Å². The Morgan fingerprint density at radius 1 is 1.37 bits per heavy atom. The van der Waals surface area contributed by atoms with Crippen LogP contribution >= 0.6 is 0 Å². The molecule has 1 saturated heterocycles. The molecule has 6 heteroatoms. The van der Waals surface area contributed by atoms with Crippen LogP contribution in [0.15, 0.2) is 24.4 Å². The number of hydrogen-bond acceptors (Lipinski definition) is 3. The second-order valence-corrected chi connectivity index (χ2v) is 4.21. The minimum absolute atomic E-state index is 0.417. The van der Waals surface area contributed by atoms with Crippen molar-refractivity contribution in [3.63, 3.8) is 0 Å². The van der Waals surface area contributed by atoms with Crippen LogP contribution in [0.1, 0.15) is 5.56 Å². The molecule has 1 aromatic carbocycles. The van der Waals surface area contributed by atoms with Gasteiger partial charge in [-0.05, 0) is 18.2 Å². The topological polar surface area (TPSA) is 76.0 Å². The predicted octanol–water partition coefficient (Wildman–Crippen LogP) is 0.133. The largest absolute Gasteiger partial charge is 0.322 e. The number of hydrogen-bond donors (Lipinski definition) is 2. The monoisotopic (exact) mass is 254 g/mol. The van der Waals surface area contributed by atoms with Gasteiger partial charge < -0.3 is 5.32 Å². The zero-order chi connectivity index (χ0) is 13.4. The van der Waals surface area contributed by atoms with Gasteiger partial charge in [-0.2, -0.15) is 5.10 Å². The summed E-state index contributed by atoms with van der Waals surface area (Å²) >= 11 is 0. The number of nitrogens with zero attached hydrogens (tertiary/aromatic N) is 2. The highest BCUT2D eigenvalue weighted by molar-refractivity contribution is 6.05. The third-order valence-electron chi connectivity index (χ3n) is 2.88. The van der Waals surface area contributed by atoms with Crippen molar-refractivity contribution in [2.45, 2.75) is 6.04 Å². The molecule has 6 nitrogen and oxygen atoms in total. The molecule has 19 heavy (non-hydrogen) atoms. The molecule has 1 atom stereocenters. The number of carbonyl (C=O) groups is 2. The van der Waals surface area contributed by atoms with Crippen molar-refractivity contribution in [1.82, 2.24) is 20.4 Å². The van der Waals surface area contributed by atoms with Gasteiger partial charge in [-0.3, -0.25) is 14.8 Å². The number of aryl methyl sites for hydroxylation is 1. The highest BCUT2D eigenvalue weighted by Crippen LogP contribution is 2.14. The molecule has 0 spiro atoms. The van der Waals surface area contributed by atoms with Crippen molar-refractivity contribution < 1.29 is 9.59 Å².